The molecule has 2 aliphatic rings. The highest BCUT2D eigenvalue weighted by Gasteiger charge is 2.28. The Labute approximate surface area is 195 Å². The molecule has 0 spiro atoms. The third-order valence-electron chi connectivity index (χ3n) is 5.09. The zero-order valence-corrected chi connectivity index (χ0v) is 20.5. The lowest BCUT2D eigenvalue weighted by molar-refractivity contribution is 0.0887. The molecule has 0 saturated carbocycles. The van der Waals surface area contributed by atoms with Crippen molar-refractivity contribution in [1.82, 2.24) is 19.7 Å². The zero-order valence-electron chi connectivity index (χ0n) is 17.4. The van der Waals surface area contributed by atoms with Crippen LogP contribution in [0.2, 0.25) is 0 Å². The fourth-order valence-corrected chi connectivity index (χ4v) is 4.86. The van der Waals surface area contributed by atoms with Gasteiger partial charge in [-0.15, -0.1) is 24.0 Å². The van der Waals surface area contributed by atoms with Crippen LogP contribution >= 0.6 is 24.0 Å². The van der Waals surface area contributed by atoms with Crippen LogP contribution in [0.1, 0.15) is 18.5 Å². The number of nitrogens with one attached hydrogen (secondary N) is 1. The van der Waals surface area contributed by atoms with Gasteiger partial charge in [0.15, 0.2) is 5.96 Å². The molecule has 10 nitrogen and oxygen atoms in total. The van der Waals surface area contributed by atoms with E-state index in [0.29, 0.717) is 44.4 Å². The van der Waals surface area contributed by atoms with Crippen molar-refractivity contribution in [1.29, 1.82) is 0 Å². The second-order valence-electron chi connectivity index (χ2n) is 7.27. The maximum Gasteiger partial charge on any atom is 0.220 e. The van der Waals surface area contributed by atoms with Gasteiger partial charge in [-0.3, -0.25) is 4.99 Å². The van der Waals surface area contributed by atoms with E-state index in [4.69, 9.17) is 14.0 Å². The maximum atomic E-state index is 12.5. The van der Waals surface area contributed by atoms with Crippen LogP contribution in [0, 0.1) is 5.92 Å². The molecule has 0 aromatic carbocycles. The minimum atomic E-state index is -3.40. The monoisotopic (exact) mass is 557 g/mol. The van der Waals surface area contributed by atoms with Gasteiger partial charge in [-0.2, -0.15) is 4.31 Å². The molecule has 12 heteroatoms. The molecule has 1 aromatic heterocycles. The summed E-state index contributed by atoms with van der Waals surface area (Å²) < 4.78 is 42.3. The van der Waals surface area contributed by atoms with Crippen LogP contribution in [0.3, 0.4) is 0 Å². The molecular formula is C18H32IN5O5S. The average Bonchev–Trinajstić information content (AvgIpc) is 3.41. The van der Waals surface area contributed by atoms with Gasteiger partial charge in [0.25, 0.3) is 0 Å². The van der Waals surface area contributed by atoms with Crippen molar-refractivity contribution < 1.29 is 22.4 Å². The van der Waals surface area contributed by atoms with Gasteiger partial charge in [-0.25, -0.2) is 8.42 Å². The van der Waals surface area contributed by atoms with Gasteiger partial charge in [-0.05, 0) is 12.8 Å². The zero-order chi connectivity index (χ0) is 20.5. The van der Waals surface area contributed by atoms with Crippen LogP contribution in [0.4, 0.5) is 0 Å². The van der Waals surface area contributed by atoms with Gasteiger partial charge < -0.3 is 24.2 Å². The summed E-state index contributed by atoms with van der Waals surface area (Å²) >= 11 is 0. The minimum absolute atomic E-state index is 0. The molecule has 3 heterocycles. The molecule has 30 heavy (non-hydrogen) atoms. The second-order valence-corrected chi connectivity index (χ2v) is 9.23. The van der Waals surface area contributed by atoms with Crippen molar-refractivity contribution in [2.24, 2.45) is 10.9 Å². The fraction of sp³-hybridized carbons (Fsp3) is 0.778. The van der Waals surface area contributed by atoms with E-state index < -0.39 is 10.0 Å². The number of rotatable bonds is 9. The first-order chi connectivity index (χ1) is 14.1. The Bertz CT molecular complexity index is 732. The van der Waals surface area contributed by atoms with Crippen LogP contribution in [0.15, 0.2) is 21.8 Å². The Kier molecular flexibility index (Phi) is 10.8. The fourth-order valence-electron chi connectivity index (χ4n) is 3.44. The Morgan fingerprint density at radius 2 is 2.17 bits per heavy atom. The summed E-state index contributed by atoms with van der Waals surface area (Å²) in [5.41, 5.74) is 0.424. The molecule has 0 aliphatic carbocycles. The first kappa shape index (κ1) is 25.3. The quantitative estimate of drug-likeness (QED) is 0.205. The Balaban J connectivity index is 0.00000320. The van der Waals surface area contributed by atoms with Crippen molar-refractivity contribution in [3.05, 3.63) is 18.0 Å². The van der Waals surface area contributed by atoms with Crippen molar-refractivity contribution in [3.8, 4) is 0 Å². The number of sulfonamides is 1. The van der Waals surface area contributed by atoms with Crippen LogP contribution in [0.5, 0.6) is 0 Å². The van der Waals surface area contributed by atoms with E-state index in [1.807, 2.05) is 0 Å². The molecule has 2 fully saturated rings. The Hall–Kier alpha value is -0.960. The second kappa shape index (κ2) is 12.8. The molecule has 1 N–H and O–H groups in total. The highest BCUT2D eigenvalue weighted by molar-refractivity contribution is 14.0. The Morgan fingerprint density at radius 3 is 2.80 bits per heavy atom. The number of halogens is 1. The van der Waals surface area contributed by atoms with Gasteiger partial charge in [-0.1, -0.05) is 5.16 Å². The van der Waals surface area contributed by atoms with Crippen LogP contribution in [-0.4, -0.2) is 94.9 Å². The van der Waals surface area contributed by atoms with Gasteiger partial charge in [0.1, 0.15) is 12.0 Å². The minimum Gasteiger partial charge on any atom is -0.381 e. The Morgan fingerprint density at radius 1 is 1.37 bits per heavy atom. The molecule has 172 valence electrons. The van der Waals surface area contributed by atoms with E-state index in [2.05, 4.69) is 20.4 Å². The molecule has 0 radical (unpaired) electrons. The molecule has 1 unspecified atom stereocenters. The van der Waals surface area contributed by atoms with E-state index >= 15 is 0 Å². The van der Waals surface area contributed by atoms with Gasteiger partial charge >= 0.3 is 0 Å². The average molecular weight is 557 g/mol. The van der Waals surface area contributed by atoms with Crippen molar-refractivity contribution in [3.63, 3.8) is 0 Å². The lowest BCUT2D eigenvalue weighted by Gasteiger charge is -2.35. The largest absolute Gasteiger partial charge is 0.381 e. The molecule has 3 rings (SSSR count). The molecular weight excluding hydrogens is 525 g/mol. The number of nitrogens with zero attached hydrogens (tertiary/aromatic N) is 4. The SMILES string of the molecule is CN=C(NCCCOCC1CCOC1)N1CCN(S(=O)(=O)Cc2ccon2)CC1.I. The van der Waals surface area contributed by atoms with Crippen molar-refractivity contribution in [2.75, 3.05) is 66.2 Å². The molecule has 0 amide bonds. The predicted molar refractivity (Wildman–Crippen MR) is 123 cm³/mol. The molecule has 1 atom stereocenters. The summed E-state index contributed by atoms with van der Waals surface area (Å²) in [6.45, 7) is 5.92. The summed E-state index contributed by atoms with van der Waals surface area (Å²) in [5, 5.41) is 7.03. The van der Waals surface area contributed by atoms with Gasteiger partial charge in [0, 0.05) is 65.0 Å². The van der Waals surface area contributed by atoms with E-state index in [1.165, 1.54) is 10.6 Å². The molecule has 2 aliphatic heterocycles. The van der Waals surface area contributed by atoms with E-state index in [0.717, 1.165) is 45.2 Å². The van der Waals surface area contributed by atoms with Crippen molar-refractivity contribution in [2.45, 2.75) is 18.6 Å². The maximum absolute atomic E-state index is 12.5. The van der Waals surface area contributed by atoms with Crippen LogP contribution < -0.4 is 5.32 Å². The number of ether oxygens (including phenoxy) is 2. The summed E-state index contributed by atoms with van der Waals surface area (Å²) in [6, 6.07) is 1.57. The normalized spacial score (nSPS) is 20.9. The van der Waals surface area contributed by atoms with Crippen molar-refractivity contribution >= 4 is 40.0 Å². The number of piperazine rings is 1. The molecule has 2 saturated heterocycles. The lowest BCUT2D eigenvalue weighted by Crippen LogP contribution is -2.54. The third-order valence-corrected chi connectivity index (χ3v) is 6.90. The standard InChI is InChI=1S/C18H31N5O5S.HI/c1-19-18(20-5-2-10-26-13-16-3-11-27-14-16)22-6-8-23(9-7-22)29(24,25)15-17-4-12-28-21-17;/h4,12,16H,2-3,5-11,13-15H2,1H3,(H,19,20);1H. The van der Waals surface area contributed by atoms with E-state index in [-0.39, 0.29) is 29.7 Å². The smallest absolute Gasteiger partial charge is 0.220 e. The highest BCUT2D eigenvalue weighted by Crippen LogP contribution is 2.13. The number of hydrogen-bond acceptors (Lipinski definition) is 7. The number of hydrogen-bond donors (Lipinski definition) is 1. The lowest BCUT2D eigenvalue weighted by atomic mass is 10.1. The van der Waals surface area contributed by atoms with Gasteiger partial charge in [0.2, 0.25) is 10.0 Å². The molecule has 0 bridgehead atoms. The number of aliphatic imine (C=N–C) groups is 1. The van der Waals surface area contributed by atoms with E-state index in [9.17, 15) is 8.42 Å². The van der Waals surface area contributed by atoms with E-state index in [1.54, 1.807) is 13.1 Å². The highest BCUT2D eigenvalue weighted by atomic mass is 127. The first-order valence-corrected chi connectivity index (χ1v) is 11.7. The predicted octanol–water partition coefficient (Wildman–Crippen LogP) is 0.759. The first-order valence-electron chi connectivity index (χ1n) is 10.1. The summed E-state index contributed by atoms with van der Waals surface area (Å²) in [6.07, 6.45) is 3.36. The summed E-state index contributed by atoms with van der Waals surface area (Å²) in [5.74, 6) is 1.19. The van der Waals surface area contributed by atoms with Gasteiger partial charge in [0.05, 0.1) is 18.9 Å². The number of aromatic nitrogens is 1. The summed E-state index contributed by atoms with van der Waals surface area (Å²) in [7, 11) is -1.66. The molecule has 1 aromatic rings. The van der Waals surface area contributed by atoms with Crippen LogP contribution in [0.25, 0.3) is 0 Å². The summed E-state index contributed by atoms with van der Waals surface area (Å²) in [4.78, 5) is 6.41. The topological polar surface area (TPSA) is 110 Å². The number of guanidine groups is 1. The van der Waals surface area contributed by atoms with Crippen LogP contribution in [-0.2, 0) is 25.2 Å². The third kappa shape index (κ3) is 7.62.